The molecule has 0 spiro atoms. The zero-order valence-corrected chi connectivity index (χ0v) is 19.1. The number of likely N-dealkylation sites (tertiary alicyclic amines) is 1. The van der Waals surface area contributed by atoms with Crippen molar-refractivity contribution in [3.63, 3.8) is 0 Å². The van der Waals surface area contributed by atoms with Crippen molar-refractivity contribution in [2.24, 2.45) is 5.41 Å². The van der Waals surface area contributed by atoms with Gasteiger partial charge in [-0.2, -0.15) is 0 Å². The molecule has 0 saturated carbocycles. The molecule has 1 heterocycles. The van der Waals surface area contributed by atoms with E-state index in [-0.39, 0.29) is 24.3 Å². The average Bonchev–Trinajstić information content (AvgIpc) is 2.78. The zero-order chi connectivity index (χ0) is 23.3. The number of carbonyl (C=O) groups is 2. The van der Waals surface area contributed by atoms with Gasteiger partial charge in [0.05, 0.1) is 30.3 Å². The highest BCUT2D eigenvalue weighted by atomic mass is 35.5. The quantitative estimate of drug-likeness (QED) is 0.663. The van der Waals surface area contributed by atoms with Gasteiger partial charge in [0.15, 0.2) is 0 Å². The van der Waals surface area contributed by atoms with E-state index in [1.807, 2.05) is 6.92 Å². The van der Waals surface area contributed by atoms with E-state index in [0.717, 1.165) is 5.56 Å². The molecule has 1 atom stereocenters. The van der Waals surface area contributed by atoms with E-state index in [1.165, 1.54) is 26.4 Å². The number of hydrogen-bond donors (Lipinski definition) is 2. The first kappa shape index (κ1) is 23.7. The third-order valence-corrected chi connectivity index (χ3v) is 5.91. The predicted molar refractivity (Wildman–Crippen MR) is 121 cm³/mol. The van der Waals surface area contributed by atoms with Crippen LogP contribution in [0.25, 0.3) is 0 Å². The fourth-order valence-corrected chi connectivity index (χ4v) is 3.99. The second kappa shape index (κ2) is 10.1. The molecule has 9 heteroatoms. The second-order valence-electron chi connectivity index (χ2n) is 8.01. The number of amides is 3. The Kier molecular flexibility index (Phi) is 7.45. The summed E-state index contributed by atoms with van der Waals surface area (Å²) >= 11 is 6.19. The van der Waals surface area contributed by atoms with Gasteiger partial charge >= 0.3 is 6.03 Å². The summed E-state index contributed by atoms with van der Waals surface area (Å²) in [7, 11) is 2.98. The van der Waals surface area contributed by atoms with Crippen LogP contribution in [0.4, 0.5) is 14.9 Å². The van der Waals surface area contributed by atoms with Gasteiger partial charge in [-0.25, -0.2) is 9.18 Å². The van der Waals surface area contributed by atoms with Crippen LogP contribution in [0.5, 0.6) is 11.5 Å². The Hall–Kier alpha value is -3.00. The molecular formula is C23H27ClFN3O4. The molecule has 0 aliphatic carbocycles. The van der Waals surface area contributed by atoms with Crippen LogP contribution in [-0.4, -0.2) is 44.1 Å². The van der Waals surface area contributed by atoms with Crippen LogP contribution in [0, 0.1) is 11.2 Å². The van der Waals surface area contributed by atoms with Crippen molar-refractivity contribution in [2.45, 2.75) is 26.3 Å². The summed E-state index contributed by atoms with van der Waals surface area (Å²) in [6.45, 7) is 2.93. The van der Waals surface area contributed by atoms with Crippen LogP contribution in [-0.2, 0) is 11.3 Å². The van der Waals surface area contributed by atoms with Gasteiger partial charge in [-0.05, 0) is 43.5 Å². The maximum absolute atomic E-state index is 13.1. The number of benzene rings is 2. The molecule has 0 radical (unpaired) electrons. The summed E-state index contributed by atoms with van der Waals surface area (Å²) in [5.74, 6) is 0.376. The van der Waals surface area contributed by atoms with Crippen molar-refractivity contribution in [1.29, 1.82) is 0 Å². The Morgan fingerprint density at radius 3 is 2.50 bits per heavy atom. The first-order chi connectivity index (χ1) is 15.3. The molecule has 1 aliphatic heterocycles. The minimum atomic E-state index is -0.739. The van der Waals surface area contributed by atoms with Crippen molar-refractivity contribution in [3.8, 4) is 11.5 Å². The number of hydrogen-bond acceptors (Lipinski definition) is 4. The van der Waals surface area contributed by atoms with Gasteiger partial charge in [0, 0.05) is 25.7 Å². The van der Waals surface area contributed by atoms with Crippen LogP contribution < -0.4 is 20.1 Å². The fraction of sp³-hybridized carbons (Fsp3) is 0.391. The molecule has 172 valence electrons. The largest absolute Gasteiger partial charge is 0.495 e. The van der Waals surface area contributed by atoms with Crippen LogP contribution >= 0.6 is 11.6 Å². The lowest BCUT2D eigenvalue weighted by Crippen LogP contribution is -2.52. The Morgan fingerprint density at radius 2 is 1.84 bits per heavy atom. The van der Waals surface area contributed by atoms with E-state index >= 15 is 0 Å². The maximum atomic E-state index is 13.1. The molecule has 32 heavy (non-hydrogen) atoms. The second-order valence-corrected chi connectivity index (χ2v) is 8.42. The highest BCUT2D eigenvalue weighted by molar-refractivity contribution is 6.32. The van der Waals surface area contributed by atoms with Crippen LogP contribution in [0.3, 0.4) is 0 Å². The van der Waals surface area contributed by atoms with Gasteiger partial charge in [-0.3, -0.25) is 4.79 Å². The van der Waals surface area contributed by atoms with Crippen molar-refractivity contribution in [1.82, 2.24) is 10.2 Å². The highest BCUT2D eigenvalue weighted by Crippen LogP contribution is 2.36. The molecule has 3 rings (SSSR count). The number of ether oxygens (including phenoxy) is 2. The maximum Gasteiger partial charge on any atom is 0.321 e. The third-order valence-electron chi connectivity index (χ3n) is 5.61. The number of carbonyl (C=O) groups excluding carboxylic acids is 2. The van der Waals surface area contributed by atoms with Crippen LogP contribution in [0.15, 0.2) is 36.4 Å². The first-order valence-corrected chi connectivity index (χ1v) is 10.6. The molecule has 3 amide bonds. The van der Waals surface area contributed by atoms with Gasteiger partial charge in [0.25, 0.3) is 0 Å². The highest BCUT2D eigenvalue weighted by Gasteiger charge is 2.39. The Morgan fingerprint density at radius 1 is 1.16 bits per heavy atom. The van der Waals surface area contributed by atoms with Gasteiger partial charge in [-0.1, -0.05) is 23.7 Å². The van der Waals surface area contributed by atoms with E-state index in [4.69, 9.17) is 21.1 Å². The number of rotatable bonds is 6. The summed E-state index contributed by atoms with van der Waals surface area (Å²) < 4.78 is 23.6. The van der Waals surface area contributed by atoms with Crippen molar-refractivity contribution < 1.29 is 23.5 Å². The molecule has 2 aromatic rings. The van der Waals surface area contributed by atoms with Crippen molar-refractivity contribution in [3.05, 3.63) is 52.8 Å². The average molecular weight is 464 g/mol. The lowest BCUT2D eigenvalue weighted by atomic mass is 9.81. The third kappa shape index (κ3) is 5.43. The standard InChI is InChI=1S/C23H27ClFN3O4/c1-23(21(29)26-13-15-5-7-16(25)8-6-15)9-4-10-28(14-23)22(30)27-18-11-17(24)19(31-2)12-20(18)32-3/h5-8,11-12H,4,9-10,13-14H2,1-3H3,(H,26,29)(H,27,30)/t23-/m1/s1. The Balaban J connectivity index is 1.65. The van der Waals surface area contributed by atoms with Crippen LogP contribution in [0.1, 0.15) is 25.3 Å². The number of methoxy groups -OCH3 is 2. The zero-order valence-electron chi connectivity index (χ0n) is 18.3. The lowest BCUT2D eigenvalue weighted by molar-refractivity contribution is -0.132. The number of urea groups is 1. The number of anilines is 1. The molecule has 1 fully saturated rings. The minimum absolute atomic E-state index is 0.149. The van der Waals surface area contributed by atoms with Gasteiger partial charge < -0.3 is 25.0 Å². The summed E-state index contributed by atoms with van der Waals surface area (Å²) in [5, 5.41) is 6.06. The fourth-order valence-electron chi connectivity index (χ4n) is 3.75. The molecule has 7 nitrogen and oxygen atoms in total. The van der Waals surface area contributed by atoms with E-state index in [0.29, 0.717) is 48.1 Å². The lowest BCUT2D eigenvalue weighted by Gasteiger charge is -2.39. The predicted octanol–water partition coefficient (Wildman–Crippen LogP) is 4.45. The number of piperidine rings is 1. The molecular weight excluding hydrogens is 437 g/mol. The van der Waals surface area contributed by atoms with Crippen LogP contribution in [0.2, 0.25) is 5.02 Å². The van der Waals surface area contributed by atoms with E-state index in [2.05, 4.69) is 10.6 Å². The smallest absolute Gasteiger partial charge is 0.321 e. The first-order valence-electron chi connectivity index (χ1n) is 10.3. The summed E-state index contributed by atoms with van der Waals surface area (Å²) in [5.41, 5.74) is 0.477. The molecule has 1 saturated heterocycles. The molecule has 0 bridgehead atoms. The molecule has 1 aliphatic rings. The van der Waals surface area contributed by atoms with E-state index in [1.54, 1.807) is 29.2 Å². The van der Waals surface area contributed by atoms with Gasteiger partial charge in [-0.15, -0.1) is 0 Å². The Labute approximate surface area is 191 Å². The molecule has 0 unspecified atom stereocenters. The SMILES string of the molecule is COc1cc(OC)c(NC(=O)N2CCC[C@@](C)(C(=O)NCc3ccc(F)cc3)C2)cc1Cl. The monoisotopic (exact) mass is 463 g/mol. The Bertz CT molecular complexity index is 986. The van der Waals surface area contributed by atoms with E-state index in [9.17, 15) is 14.0 Å². The van der Waals surface area contributed by atoms with Crippen molar-refractivity contribution >= 4 is 29.2 Å². The summed E-state index contributed by atoms with van der Waals surface area (Å²) in [6, 6.07) is 8.79. The number of nitrogens with zero attached hydrogens (tertiary/aromatic N) is 1. The minimum Gasteiger partial charge on any atom is -0.495 e. The van der Waals surface area contributed by atoms with Gasteiger partial charge in [0.2, 0.25) is 5.91 Å². The summed E-state index contributed by atoms with van der Waals surface area (Å²) in [4.78, 5) is 27.5. The van der Waals surface area contributed by atoms with Crippen molar-refractivity contribution in [2.75, 3.05) is 32.6 Å². The topological polar surface area (TPSA) is 79.9 Å². The normalized spacial score (nSPS) is 18.1. The number of halogens is 2. The number of nitrogens with one attached hydrogen (secondary N) is 2. The van der Waals surface area contributed by atoms with E-state index < -0.39 is 5.41 Å². The molecule has 2 aromatic carbocycles. The van der Waals surface area contributed by atoms with Gasteiger partial charge in [0.1, 0.15) is 17.3 Å². The molecule has 0 aromatic heterocycles. The summed E-state index contributed by atoms with van der Waals surface area (Å²) in [6.07, 6.45) is 1.35. The molecule has 2 N–H and O–H groups in total.